The maximum atomic E-state index is 4.39. The van der Waals surface area contributed by atoms with Gasteiger partial charge in [0.25, 0.3) is 0 Å². The van der Waals surface area contributed by atoms with E-state index in [4.69, 9.17) is 0 Å². The number of nitrogens with zero attached hydrogens (tertiary/aromatic N) is 2. The first kappa shape index (κ1) is 15.4. The van der Waals surface area contributed by atoms with Gasteiger partial charge in [-0.25, -0.2) is 0 Å². The Balaban J connectivity index is 2.05. The molecule has 0 bridgehead atoms. The second-order valence-corrected chi connectivity index (χ2v) is 6.34. The van der Waals surface area contributed by atoms with E-state index in [1.165, 1.54) is 27.8 Å². The summed E-state index contributed by atoms with van der Waals surface area (Å²) in [5.41, 5.74) is 8.48. The van der Waals surface area contributed by atoms with Gasteiger partial charge in [-0.2, -0.15) is 0 Å². The minimum atomic E-state index is 0.480. The van der Waals surface area contributed by atoms with Crippen molar-refractivity contribution in [2.45, 2.75) is 33.6 Å². The lowest BCUT2D eigenvalue weighted by molar-refractivity contribution is 0.865. The first-order valence-electron chi connectivity index (χ1n) is 8.04. The summed E-state index contributed by atoms with van der Waals surface area (Å²) < 4.78 is 0. The number of aromatic nitrogens is 2. The normalized spacial score (nSPS) is 11.0. The van der Waals surface area contributed by atoms with Crippen molar-refractivity contribution < 1.29 is 0 Å². The predicted molar refractivity (Wildman–Crippen MR) is 96.5 cm³/mol. The summed E-state index contributed by atoms with van der Waals surface area (Å²) in [4.78, 5) is 8.72. The highest BCUT2D eigenvalue weighted by atomic mass is 14.7. The molecule has 2 aromatic heterocycles. The lowest BCUT2D eigenvalue weighted by Crippen LogP contribution is -1.95. The van der Waals surface area contributed by atoms with Crippen molar-refractivity contribution in [1.82, 2.24) is 9.97 Å². The van der Waals surface area contributed by atoms with Crippen molar-refractivity contribution in [1.29, 1.82) is 0 Å². The Hall–Kier alpha value is -2.48. The van der Waals surface area contributed by atoms with Crippen LogP contribution in [-0.2, 0) is 0 Å². The van der Waals surface area contributed by atoms with E-state index in [-0.39, 0.29) is 0 Å². The van der Waals surface area contributed by atoms with Crippen molar-refractivity contribution in [3.05, 3.63) is 71.8 Å². The van der Waals surface area contributed by atoms with E-state index in [9.17, 15) is 0 Å². The van der Waals surface area contributed by atoms with Crippen LogP contribution in [0.1, 0.15) is 36.6 Å². The largest absolute Gasteiger partial charge is 0.264 e. The summed E-state index contributed by atoms with van der Waals surface area (Å²) in [6.07, 6.45) is 5.79. The monoisotopic (exact) mass is 302 g/mol. The van der Waals surface area contributed by atoms with Gasteiger partial charge in [0.2, 0.25) is 0 Å². The highest BCUT2D eigenvalue weighted by Gasteiger charge is 2.11. The van der Waals surface area contributed by atoms with Crippen LogP contribution in [0, 0.1) is 13.8 Å². The van der Waals surface area contributed by atoms with Crippen LogP contribution in [0.3, 0.4) is 0 Å². The number of hydrogen-bond donors (Lipinski definition) is 0. The minimum Gasteiger partial charge on any atom is -0.264 e. The standard InChI is InChI=1S/C21H22N2/c1-14(2)19-9-10-22-13-21(19)20-8-7-17(11-15(20)3)18-6-5-16(4)23-12-18/h5-14H,1-4H3. The molecular formula is C21H22N2. The summed E-state index contributed by atoms with van der Waals surface area (Å²) in [5.74, 6) is 0.480. The first-order chi connectivity index (χ1) is 11.1. The van der Waals surface area contributed by atoms with Crippen LogP contribution in [0.25, 0.3) is 22.3 Å². The molecule has 0 aliphatic heterocycles. The predicted octanol–water partition coefficient (Wildman–Crippen LogP) is 5.55. The number of pyridine rings is 2. The fraction of sp³-hybridized carbons (Fsp3) is 0.238. The molecule has 116 valence electrons. The molecule has 0 aliphatic rings. The second kappa shape index (κ2) is 6.33. The molecule has 3 aromatic rings. The van der Waals surface area contributed by atoms with Crippen LogP contribution in [0.5, 0.6) is 0 Å². The Labute approximate surface area is 138 Å². The van der Waals surface area contributed by atoms with Gasteiger partial charge in [-0.3, -0.25) is 9.97 Å². The molecule has 0 amide bonds. The Morgan fingerprint density at radius 2 is 1.61 bits per heavy atom. The van der Waals surface area contributed by atoms with Gasteiger partial charge in [0, 0.05) is 35.4 Å². The number of aryl methyl sites for hydroxylation is 2. The van der Waals surface area contributed by atoms with Gasteiger partial charge in [0.1, 0.15) is 0 Å². The van der Waals surface area contributed by atoms with Gasteiger partial charge in [0.05, 0.1) is 0 Å². The molecule has 2 heteroatoms. The molecule has 0 atom stereocenters. The Bertz CT molecular complexity index is 818. The maximum absolute atomic E-state index is 4.39. The molecule has 0 saturated heterocycles. The number of hydrogen-bond acceptors (Lipinski definition) is 2. The van der Waals surface area contributed by atoms with Crippen molar-refractivity contribution in [2.24, 2.45) is 0 Å². The van der Waals surface area contributed by atoms with Crippen LogP contribution in [0.2, 0.25) is 0 Å². The van der Waals surface area contributed by atoms with E-state index >= 15 is 0 Å². The minimum absolute atomic E-state index is 0.480. The third-order valence-electron chi connectivity index (χ3n) is 4.24. The van der Waals surface area contributed by atoms with Gasteiger partial charge in [-0.05, 0) is 54.2 Å². The van der Waals surface area contributed by atoms with Crippen LogP contribution in [0.4, 0.5) is 0 Å². The van der Waals surface area contributed by atoms with Gasteiger partial charge in [0.15, 0.2) is 0 Å². The molecule has 0 N–H and O–H groups in total. The van der Waals surface area contributed by atoms with Crippen molar-refractivity contribution >= 4 is 0 Å². The van der Waals surface area contributed by atoms with E-state index < -0.39 is 0 Å². The van der Waals surface area contributed by atoms with Crippen molar-refractivity contribution in [3.63, 3.8) is 0 Å². The van der Waals surface area contributed by atoms with Crippen LogP contribution in [-0.4, -0.2) is 9.97 Å². The molecule has 1 aromatic carbocycles. The topological polar surface area (TPSA) is 25.8 Å². The molecule has 0 saturated carbocycles. The highest BCUT2D eigenvalue weighted by Crippen LogP contribution is 2.32. The van der Waals surface area contributed by atoms with Crippen LogP contribution >= 0.6 is 0 Å². The molecule has 2 heterocycles. The highest BCUT2D eigenvalue weighted by molar-refractivity contribution is 5.75. The van der Waals surface area contributed by atoms with Gasteiger partial charge in [-0.15, -0.1) is 0 Å². The SMILES string of the molecule is Cc1ccc(-c2ccc(-c3cnccc3C(C)C)c(C)c2)cn1. The first-order valence-corrected chi connectivity index (χ1v) is 8.04. The lowest BCUT2D eigenvalue weighted by atomic mass is 9.91. The fourth-order valence-electron chi connectivity index (χ4n) is 2.92. The number of benzene rings is 1. The van der Waals surface area contributed by atoms with Gasteiger partial charge < -0.3 is 0 Å². The van der Waals surface area contributed by atoms with E-state index in [1.807, 2.05) is 25.5 Å². The summed E-state index contributed by atoms with van der Waals surface area (Å²) in [6.45, 7) is 8.62. The van der Waals surface area contributed by atoms with Crippen molar-refractivity contribution in [3.8, 4) is 22.3 Å². The molecule has 0 unspecified atom stereocenters. The molecule has 3 rings (SSSR count). The second-order valence-electron chi connectivity index (χ2n) is 6.34. The van der Waals surface area contributed by atoms with Gasteiger partial charge in [-0.1, -0.05) is 38.1 Å². The van der Waals surface area contributed by atoms with Crippen molar-refractivity contribution in [2.75, 3.05) is 0 Å². The molecule has 0 aliphatic carbocycles. The lowest BCUT2D eigenvalue weighted by Gasteiger charge is -2.15. The molecule has 0 fully saturated rings. The molecule has 0 radical (unpaired) electrons. The average molecular weight is 302 g/mol. The zero-order valence-corrected chi connectivity index (χ0v) is 14.2. The Morgan fingerprint density at radius 3 is 2.26 bits per heavy atom. The Kier molecular flexibility index (Phi) is 4.24. The van der Waals surface area contributed by atoms with E-state index in [0.717, 1.165) is 11.3 Å². The quantitative estimate of drug-likeness (QED) is 0.634. The molecule has 2 nitrogen and oxygen atoms in total. The van der Waals surface area contributed by atoms with Crippen LogP contribution in [0.15, 0.2) is 55.0 Å². The van der Waals surface area contributed by atoms with Crippen LogP contribution < -0.4 is 0 Å². The number of rotatable bonds is 3. The molecule has 23 heavy (non-hydrogen) atoms. The summed E-state index contributed by atoms with van der Waals surface area (Å²) in [7, 11) is 0. The van der Waals surface area contributed by atoms with E-state index in [1.54, 1.807) is 0 Å². The van der Waals surface area contributed by atoms with Gasteiger partial charge >= 0.3 is 0 Å². The zero-order valence-electron chi connectivity index (χ0n) is 14.2. The third-order valence-corrected chi connectivity index (χ3v) is 4.24. The average Bonchev–Trinajstić information content (AvgIpc) is 2.55. The van der Waals surface area contributed by atoms with E-state index in [0.29, 0.717) is 5.92 Å². The summed E-state index contributed by atoms with van der Waals surface area (Å²) in [6, 6.07) is 12.9. The summed E-state index contributed by atoms with van der Waals surface area (Å²) >= 11 is 0. The van der Waals surface area contributed by atoms with E-state index in [2.05, 4.69) is 67.1 Å². The Morgan fingerprint density at radius 1 is 0.826 bits per heavy atom. The summed E-state index contributed by atoms with van der Waals surface area (Å²) in [5, 5.41) is 0. The maximum Gasteiger partial charge on any atom is 0.0373 e. The molecule has 0 spiro atoms. The zero-order chi connectivity index (χ0) is 16.4. The fourth-order valence-corrected chi connectivity index (χ4v) is 2.92. The smallest absolute Gasteiger partial charge is 0.0373 e. The molecular weight excluding hydrogens is 280 g/mol. The third kappa shape index (κ3) is 3.16.